The van der Waals surface area contributed by atoms with Crippen LogP contribution in [0.2, 0.25) is 0 Å². The van der Waals surface area contributed by atoms with Gasteiger partial charge in [-0.1, -0.05) is 36.4 Å². The molecular formula is C17H17FO2. The summed E-state index contributed by atoms with van der Waals surface area (Å²) in [6, 6.07) is 14.6. The molecule has 1 fully saturated rings. The van der Waals surface area contributed by atoms with E-state index >= 15 is 0 Å². The minimum absolute atomic E-state index is 0.200. The van der Waals surface area contributed by atoms with Gasteiger partial charge in [0.25, 0.3) is 0 Å². The van der Waals surface area contributed by atoms with Crippen molar-refractivity contribution in [2.75, 3.05) is 7.11 Å². The van der Waals surface area contributed by atoms with Gasteiger partial charge in [0, 0.05) is 5.41 Å². The maximum atomic E-state index is 13.8. The van der Waals surface area contributed by atoms with Gasteiger partial charge in [0.15, 0.2) is 11.6 Å². The van der Waals surface area contributed by atoms with E-state index in [2.05, 4.69) is 0 Å². The van der Waals surface area contributed by atoms with Crippen molar-refractivity contribution >= 4 is 0 Å². The first kappa shape index (κ1) is 13.1. The third kappa shape index (κ3) is 2.08. The SMILES string of the molecule is COc1ccc(C(O)C2(c3ccccc3)CC2)cc1F. The standard InChI is InChI=1S/C17H17FO2/c1-20-15-8-7-12(11-14(15)18)16(19)17(9-10-17)13-5-3-2-4-6-13/h2-8,11,16,19H,9-10H2,1H3. The van der Waals surface area contributed by atoms with Crippen molar-refractivity contribution in [3.63, 3.8) is 0 Å². The number of aliphatic hydroxyl groups excluding tert-OH is 1. The monoisotopic (exact) mass is 272 g/mol. The van der Waals surface area contributed by atoms with Crippen LogP contribution >= 0.6 is 0 Å². The molecule has 104 valence electrons. The maximum absolute atomic E-state index is 13.8. The van der Waals surface area contributed by atoms with E-state index < -0.39 is 11.9 Å². The van der Waals surface area contributed by atoms with Crippen LogP contribution in [0.4, 0.5) is 4.39 Å². The zero-order chi connectivity index (χ0) is 14.2. The minimum Gasteiger partial charge on any atom is -0.494 e. The molecule has 20 heavy (non-hydrogen) atoms. The van der Waals surface area contributed by atoms with Gasteiger partial charge >= 0.3 is 0 Å². The lowest BCUT2D eigenvalue weighted by Gasteiger charge is -2.23. The molecule has 0 aromatic heterocycles. The predicted octanol–water partition coefficient (Wildman–Crippen LogP) is 3.60. The van der Waals surface area contributed by atoms with E-state index in [0.717, 1.165) is 18.4 Å². The molecule has 0 amide bonds. The van der Waals surface area contributed by atoms with Gasteiger partial charge in [0.05, 0.1) is 13.2 Å². The molecule has 1 unspecified atom stereocenters. The van der Waals surface area contributed by atoms with Crippen LogP contribution in [0.1, 0.15) is 30.1 Å². The minimum atomic E-state index is -0.690. The lowest BCUT2D eigenvalue weighted by atomic mass is 9.86. The van der Waals surface area contributed by atoms with E-state index in [0.29, 0.717) is 5.56 Å². The van der Waals surface area contributed by atoms with Crippen LogP contribution in [0.3, 0.4) is 0 Å². The summed E-state index contributed by atoms with van der Waals surface area (Å²) >= 11 is 0. The summed E-state index contributed by atoms with van der Waals surface area (Å²) in [4.78, 5) is 0. The molecule has 0 radical (unpaired) electrons. The van der Waals surface area contributed by atoms with E-state index in [1.165, 1.54) is 13.2 Å². The third-order valence-corrected chi connectivity index (χ3v) is 4.15. The molecule has 3 rings (SSSR count). The molecule has 1 aliphatic carbocycles. The summed E-state index contributed by atoms with van der Waals surface area (Å²) in [5.74, 6) is -0.238. The smallest absolute Gasteiger partial charge is 0.165 e. The zero-order valence-electron chi connectivity index (χ0n) is 11.3. The molecule has 2 aromatic carbocycles. The normalized spacial score (nSPS) is 17.6. The first-order valence-corrected chi connectivity index (χ1v) is 6.74. The Morgan fingerprint density at radius 1 is 1.15 bits per heavy atom. The van der Waals surface area contributed by atoms with Gasteiger partial charge in [0.2, 0.25) is 0 Å². The van der Waals surface area contributed by atoms with Crippen LogP contribution in [0.5, 0.6) is 5.75 Å². The Bertz CT molecular complexity index is 606. The molecule has 1 aliphatic rings. The maximum Gasteiger partial charge on any atom is 0.165 e. The molecule has 0 saturated heterocycles. The summed E-state index contributed by atoms with van der Waals surface area (Å²) in [6.07, 6.45) is 1.16. The number of hydrogen-bond acceptors (Lipinski definition) is 2. The van der Waals surface area contributed by atoms with Gasteiger partial charge in [-0.3, -0.25) is 0 Å². The summed E-state index contributed by atoms with van der Waals surface area (Å²) in [7, 11) is 1.43. The van der Waals surface area contributed by atoms with Gasteiger partial charge in [-0.15, -0.1) is 0 Å². The van der Waals surface area contributed by atoms with Crippen molar-refractivity contribution in [2.24, 2.45) is 0 Å². The van der Waals surface area contributed by atoms with Gasteiger partial charge in [-0.2, -0.15) is 0 Å². The Kier molecular flexibility index (Phi) is 3.22. The van der Waals surface area contributed by atoms with E-state index in [1.807, 2.05) is 30.3 Å². The fourth-order valence-electron chi connectivity index (χ4n) is 2.80. The van der Waals surface area contributed by atoms with Crippen LogP contribution < -0.4 is 4.74 Å². The molecule has 0 bridgehead atoms. The predicted molar refractivity (Wildman–Crippen MR) is 75.3 cm³/mol. The second kappa shape index (κ2) is 4.91. The average molecular weight is 272 g/mol. The van der Waals surface area contributed by atoms with E-state index in [4.69, 9.17) is 4.74 Å². The number of benzene rings is 2. The molecule has 1 N–H and O–H groups in total. The van der Waals surface area contributed by atoms with Crippen LogP contribution in [0, 0.1) is 5.82 Å². The molecule has 2 aromatic rings. The Labute approximate surface area is 117 Å². The first-order chi connectivity index (χ1) is 9.67. The molecule has 0 spiro atoms. The van der Waals surface area contributed by atoms with Gasteiger partial charge in [0.1, 0.15) is 0 Å². The van der Waals surface area contributed by atoms with Crippen molar-refractivity contribution in [1.29, 1.82) is 0 Å². The molecule has 0 heterocycles. The van der Waals surface area contributed by atoms with Gasteiger partial charge in [-0.05, 0) is 36.1 Å². The van der Waals surface area contributed by atoms with Crippen LogP contribution in [-0.4, -0.2) is 12.2 Å². The second-order valence-corrected chi connectivity index (χ2v) is 5.32. The fourth-order valence-corrected chi connectivity index (χ4v) is 2.80. The molecule has 0 aliphatic heterocycles. The van der Waals surface area contributed by atoms with Gasteiger partial charge in [-0.25, -0.2) is 4.39 Å². The summed E-state index contributed by atoms with van der Waals surface area (Å²) < 4.78 is 18.7. The topological polar surface area (TPSA) is 29.5 Å². The zero-order valence-corrected chi connectivity index (χ0v) is 11.3. The Hall–Kier alpha value is -1.87. The van der Waals surface area contributed by atoms with Crippen molar-refractivity contribution in [1.82, 2.24) is 0 Å². The number of rotatable bonds is 4. The van der Waals surface area contributed by atoms with Crippen LogP contribution in [0.15, 0.2) is 48.5 Å². The second-order valence-electron chi connectivity index (χ2n) is 5.32. The van der Waals surface area contributed by atoms with Crippen molar-refractivity contribution in [3.05, 3.63) is 65.5 Å². The Balaban J connectivity index is 1.93. The number of ether oxygens (including phenoxy) is 1. The number of methoxy groups -OCH3 is 1. The number of halogens is 1. The van der Waals surface area contributed by atoms with Gasteiger partial charge < -0.3 is 9.84 Å². The lowest BCUT2D eigenvalue weighted by Crippen LogP contribution is -2.18. The quantitative estimate of drug-likeness (QED) is 0.921. The van der Waals surface area contributed by atoms with E-state index in [1.54, 1.807) is 12.1 Å². The molecule has 2 nitrogen and oxygen atoms in total. The number of aliphatic hydroxyl groups is 1. The highest BCUT2D eigenvalue weighted by Crippen LogP contribution is 2.56. The molecule has 1 saturated carbocycles. The molecule has 3 heteroatoms. The van der Waals surface area contributed by atoms with E-state index in [-0.39, 0.29) is 11.2 Å². The lowest BCUT2D eigenvalue weighted by molar-refractivity contribution is 0.132. The number of hydrogen-bond donors (Lipinski definition) is 1. The highest BCUT2D eigenvalue weighted by Gasteiger charge is 2.50. The van der Waals surface area contributed by atoms with Crippen LogP contribution in [-0.2, 0) is 5.41 Å². The largest absolute Gasteiger partial charge is 0.494 e. The molecule has 1 atom stereocenters. The Morgan fingerprint density at radius 3 is 2.40 bits per heavy atom. The highest BCUT2D eigenvalue weighted by atomic mass is 19.1. The van der Waals surface area contributed by atoms with Crippen molar-refractivity contribution in [2.45, 2.75) is 24.4 Å². The van der Waals surface area contributed by atoms with Crippen molar-refractivity contribution < 1.29 is 14.2 Å². The van der Waals surface area contributed by atoms with Crippen molar-refractivity contribution in [3.8, 4) is 5.75 Å². The first-order valence-electron chi connectivity index (χ1n) is 6.74. The summed E-state index contributed by atoms with van der Waals surface area (Å²) in [5, 5.41) is 10.6. The fraction of sp³-hybridized carbons (Fsp3) is 0.294. The Morgan fingerprint density at radius 2 is 1.85 bits per heavy atom. The average Bonchev–Trinajstić information content (AvgIpc) is 3.29. The summed E-state index contributed by atoms with van der Waals surface area (Å²) in [5.41, 5.74) is 1.45. The highest BCUT2D eigenvalue weighted by molar-refractivity contribution is 5.39. The third-order valence-electron chi connectivity index (χ3n) is 4.15. The summed E-state index contributed by atoms with van der Waals surface area (Å²) in [6.45, 7) is 0. The molecular weight excluding hydrogens is 255 g/mol. The van der Waals surface area contributed by atoms with Crippen LogP contribution in [0.25, 0.3) is 0 Å². The van der Waals surface area contributed by atoms with E-state index in [9.17, 15) is 9.50 Å².